The number of carbonyl (C=O) groups is 1. The van der Waals surface area contributed by atoms with Crippen LogP contribution in [0.25, 0.3) is 16.5 Å². The van der Waals surface area contributed by atoms with E-state index in [1.165, 1.54) is 42.7 Å². The summed E-state index contributed by atoms with van der Waals surface area (Å²) in [4.78, 5) is 11.4. The number of ether oxygens (including phenoxy) is 1. The van der Waals surface area contributed by atoms with Gasteiger partial charge in [0.2, 0.25) is 0 Å². The zero-order chi connectivity index (χ0) is 17.4. The molecule has 1 saturated carbocycles. The highest BCUT2D eigenvalue weighted by atomic mass is 35.5. The van der Waals surface area contributed by atoms with Crippen molar-refractivity contribution in [2.45, 2.75) is 23.9 Å². The van der Waals surface area contributed by atoms with Gasteiger partial charge in [-0.3, -0.25) is 9.36 Å². The molecule has 0 spiro atoms. The fourth-order valence-corrected chi connectivity index (χ4v) is 4.05. The molecule has 7 heteroatoms. The molecule has 0 atom stereocenters. The third-order valence-corrected chi connectivity index (χ3v) is 5.53. The first kappa shape index (κ1) is 16.4. The fourth-order valence-electron chi connectivity index (χ4n) is 2.99. The molecular weight excluding hydrogens is 358 g/mol. The number of hydrogen-bond donors (Lipinski definition) is 0. The van der Waals surface area contributed by atoms with Crippen molar-refractivity contribution in [3.05, 3.63) is 47.2 Å². The largest absolute Gasteiger partial charge is 0.468 e. The molecule has 4 rings (SSSR count). The molecule has 0 N–H and O–H groups in total. The van der Waals surface area contributed by atoms with Gasteiger partial charge in [0.15, 0.2) is 5.16 Å². The zero-order valence-corrected chi connectivity index (χ0v) is 15.2. The average molecular weight is 374 g/mol. The summed E-state index contributed by atoms with van der Waals surface area (Å²) in [5.74, 6) is 0.468. The van der Waals surface area contributed by atoms with Crippen LogP contribution in [-0.4, -0.2) is 33.6 Å². The highest BCUT2D eigenvalue weighted by Crippen LogP contribution is 2.46. The van der Waals surface area contributed by atoms with E-state index in [0.717, 1.165) is 11.1 Å². The zero-order valence-electron chi connectivity index (χ0n) is 13.6. The molecule has 1 aliphatic rings. The number of benzene rings is 2. The van der Waals surface area contributed by atoms with Crippen molar-refractivity contribution in [1.29, 1.82) is 0 Å². The quantitative estimate of drug-likeness (QED) is 0.495. The summed E-state index contributed by atoms with van der Waals surface area (Å²) >= 11 is 7.93. The topological polar surface area (TPSA) is 57.0 Å². The minimum absolute atomic E-state index is 0.172. The van der Waals surface area contributed by atoms with Crippen molar-refractivity contribution in [2.24, 2.45) is 0 Å². The Morgan fingerprint density at radius 2 is 2.12 bits per heavy atom. The Bertz CT molecular complexity index is 953. The second-order valence-corrected chi connectivity index (χ2v) is 7.31. The van der Waals surface area contributed by atoms with E-state index in [2.05, 4.69) is 28.4 Å². The van der Waals surface area contributed by atoms with Gasteiger partial charge < -0.3 is 4.74 Å². The molecule has 128 valence electrons. The third kappa shape index (κ3) is 3.12. The molecule has 0 amide bonds. The van der Waals surface area contributed by atoms with Crippen molar-refractivity contribution < 1.29 is 9.53 Å². The predicted octanol–water partition coefficient (Wildman–Crippen LogP) is 4.22. The van der Waals surface area contributed by atoms with Crippen LogP contribution in [0, 0.1) is 0 Å². The van der Waals surface area contributed by atoms with Crippen molar-refractivity contribution in [1.82, 2.24) is 14.8 Å². The molecule has 0 bridgehead atoms. The Labute approximate surface area is 154 Å². The lowest BCUT2D eigenvalue weighted by molar-refractivity contribution is -0.137. The lowest BCUT2D eigenvalue weighted by atomic mass is 9.99. The average Bonchev–Trinajstić information content (AvgIpc) is 3.38. The van der Waals surface area contributed by atoms with Crippen LogP contribution >= 0.6 is 23.4 Å². The summed E-state index contributed by atoms with van der Waals surface area (Å²) in [5, 5.41) is 11.7. The van der Waals surface area contributed by atoms with Crippen LogP contribution in [0.2, 0.25) is 5.02 Å². The van der Waals surface area contributed by atoms with Crippen LogP contribution < -0.4 is 0 Å². The summed E-state index contributed by atoms with van der Waals surface area (Å²) in [6.45, 7) is 0. The Hall–Kier alpha value is -2.05. The normalized spacial score (nSPS) is 14.0. The molecule has 3 aromatic rings. The van der Waals surface area contributed by atoms with Gasteiger partial charge in [0.05, 0.1) is 23.6 Å². The summed E-state index contributed by atoms with van der Waals surface area (Å²) in [7, 11) is 1.37. The number of hydrogen-bond acceptors (Lipinski definition) is 5. The number of fused-ring (bicyclic) bond motifs is 1. The Morgan fingerprint density at radius 3 is 2.84 bits per heavy atom. The molecular formula is C18H16ClN3O2S. The van der Waals surface area contributed by atoms with Gasteiger partial charge in [-0.2, -0.15) is 0 Å². The second-order valence-electron chi connectivity index (χ2n) is 5.96. The van der Waals surface area contributed by atoms with Crippen LogP contribution in [0.4, 0.5) is 0 Å². The van der Waals surface area contributed by atoms with E-state index in [1.807, 2.05) is 16.7 Å². The first-order valence-electron chi connectivity index (χ1n) is 8.00. The molecule has 1 aliphatic carbocycles. The first-order valence-corrected chi connectivity index (χ1v) is 9.36. The summed E-state index contributed by atoms with van der Waals surface area (Å²) < 4.78 is 6.54. The molecule has 25 heavy (non-hydrogen) atoms. The van der Waals surface area contributed by atoms with Gasteiger partial charge in [0.25, 0.3) is 0 Å². The first-order chi connectivity index (χ1) is 12.2. The van der Waals surface area contributed by atoms with E-state index < -0.39 is 0 Å². The molecule has 2 aromatic carbocycles. The van der Waals surface area contributed by atoms with Crippen LogP contribution in [0.15, 0.2) is 41.8 Å². The molecule has 0 saturated heterocycles. The van der Waals surface area contributed by atoms with Crippen molar-refractivity contribution in [3.63, 3.8) is 0 Å². The molecule has 0 radical (unpaired) electrons. The van der Waals surface area contributed by atoms with E-state index in [0.29, 0.717) is 16.1 Å². The van der Waals surface area contributed by atoms with Gasteiger partial charge in [-0.05, 0) is 35.8 Å². The molecule has 1 fully saturated rings. The van der Waals surface area contributed by atoms with E-state index in [1.54, 1.807) is 6.33 Å². The maximum absolute atomic E-state index is 11.4. The predicted molar refractivity (Wildman–Crippen MR) is 98.6 cm³/mol. The molecule has 1 heterocycles. The minimum Gasteiger partial charge on any atom is -0.468 e. The maximum atomic E-state index is 11.4. The number of aromatic nitrogens is 3. The smallest absolute Gasteiger partial charge is 0.316 e. The Morgan fingerprint density at radius 1 is 1.36 bits per heavy atom. The third-order valence-electron chi connectivity index (χ3n) is 4.32. The van der Waals surface area contributed by atoms with E-state index in [9.17, 15) is 4.79 Å². The maximum Gasteiger partial charge on any atom is 0.316 e. The highest BCUT2D eigenvalue weighted by Gasteiger charge is 2.27. The number of nitrogens with zero attached hydrogens (tertiary/aromatic N) is 3. The lowest BCUT2D eigenvalue weighted by Crippen LogP contribution is -2.05. The van der Waals surface area contributed by atoms with Gasteiger partial charge >= 0.3 is 5.97 Å². The van der Waals surface area contributed by atoms with Gasteiger partial charge in [0, 0.05) is 5.39 Å². The lowest BCUT2D eigenvalue weighted by Gasteiger charge is -2.15. The van der Waals surface area contributed by atoms with E-state index in [-0.39, 0.29) is 11.7 Å². The number of halogens is 1. The fraction of sp³-hybridized carbons (Fsp3) is 0.278. The van der Waals surface area contributed by atoms with Gasteiger partial charge in [0.1, 0.15) is 6.33 Å². The number of thioether (sulfide) groups is 1. The monoisotopic (exact) mass is 373 g/mol. The van der Waals surface area contributed by atoms with Gasteiger partial charge in [-0.15, -0.1) is 10.2 Å². The number of methoxy groups -OCH3 is 1. The highest BCUT2D eigenvalue weighted by molar-refractivity contribution is 7.99. The number of rotatable bonds is 5. The summed E-state index contributed by atoms with van der Waals surface area (Å²) in [6, 6.07) is 10.3. The van der Waals surface area contributed by atoms with Gasteiger partial charge in [-0.1, -0.05) is 47.6 Å². The molecule has 0 unspecified atom stereocenters. The molecule has 5 nitrogen and oxygen atoms in total. The van der Waals surface area contributed by atoms with E-state index in [4.69, 9.17) is 16.3 Å². The molecule has 1 aromatic heterocycles. The SMILES string of the molecule is COC(=O)CSc1nncn1-c1c(Cl)cc(C2CC2)c2ccccc12. The number of carbonyl (C=O) groups excluding carboxylic acids is 1. The van der Waals surface area contributed by atoms with Crippen LogP contribution in [0.5, 0.6) is 0 Å². The molecule has 0 aliphatic heterocycles. The standard InChI is InChI=1S/C18H16ClN3O2S/c1-24-16(23)9-25-18-21-20-10-22(18)17-13-5-3-2-4-12(13)14(8-15(17)19)11-6-7-11/h2-5,8,10-11H,6-7,9H2,1H3. The second kappa shape index (κ2) is 6.69. The van der Waals surface area contributed by atoms with Crippen LogP contribution in [0.3, 0.4) is 0 Å². The van der Waals surface area contributed by atoms with E-state index >= 15 is 0 Å². The van der Waals surface area contributed by atoms with Crippen molar-refractivity contribution in [2.75, 3.05) is 12.9 Å². The van der Waals surface area contributed by atoms with Gasteiger partial charge in [-0.25, -0.2) is 0 Å². The van der Waals surface area contributed by atoms with Crippen LogP contribution in [-0.2, 0) is 9.53 Å². The summed E-state index contributed by atoms with van der Waals surface area (Å²) in [5.41, 5.74) is 2.15. The Kier molecular flexibility index (Phi) is 4.39. The minimum atomic E-state index is -0.306. The van der Waals surface area contributed by atoms with Crippen molar-refractivity contribution >= 4 is 40.1 Å². The number of esters is 1. The van der Waals surface area contributed by atoms with Crippen LogP contribution in [0.1, 0.15) is 24.3 Å². The van der Waals surface area contributed by atoms with Crippen molar-refractivity contribution in [3.8, 4) is 5.69 Å². The summed E-state index contributed by atoms with van der Waals surface area (Å²) in [6.07, 6.45) is 4.06. The Balaban J connectivity index is 1.83.